The molecule has 3 rings (SSSR count). The summed E-state index contributed by atoms with van der Waals surface area (Å²) < 4.78 is 5.95. The zero-order chi connectivity index (χ0) is 20.3. The number of benzene rings is 1. The molecular weight excluding hydrogens is 489 g/mol. The van der Waals surface area contributed by atoms with Crippen LogP contribution >= 0.6 is 24.0 Å². The summed E-state index contributed by atoms with van der Waals surface area (Å²) in [6, 6.07) is 10.4. The highest BCUT2D eigenvalue weighted by Gasteiger charge is 2.24. The van der Waals surface area contributed by atoms with Crippen LogP contribution in [-0.4, -0.2) is 93.7 Å². The molecule has 2 saturated heterocycles. The van der Waals surface area contributed by atoms with E-state index in [2.05, 4.69) is 56.3 Å². The Morgan fingerprint density at radius 2 is 1.87 bits per heavy atom. The molecule has 2 heterocycles. The van der Waals surface area contributed by atoms with Gasteiger partial charge in [0.1, 0.15) is 0 Å². The number of unbranched alkanes of at least 4 members (excludes halogenated alkanes) is 1. The Bertz CT molecular complexity index is 607. The smallest absolute Gasteiger partial charge is 0.193 e. The Kier molecular flexibility index (Phi) is 12.0. The fourth-order valence-electron chi connectivity index (χ4n) is 4.14. The minimum absolute atomic E-state index is 0. The van der Waals surface area contributed by atoms with Crippen LogP contribution in [0.5, 0.6) is 0 Å². The number of ether oxygens (including phenoxy) is 1. The number of guanidine groups is 1. The molecule has 0 aromatic heterocycles. The summed E-state index contributed by atoms with van der Waals surface area (Å²) in [5.41, 5.74) is 1.25. The van der Waals surface area contributed by atoms with E-state index in [4.69, 9.17) is 4.74 Å². The van der Waals surface area contributed by atoms with Crippen molar-refractivity contribution in [3.8, 4) is 0 Å². The highest BCUT2D eigenvalue weighted by atomic mass is 127. The van der Waals surface area contributed by atoms with Gasteiger partial charge in [0, 0.05) is 58.8 Å². The van der Waals surface area contributed by atoms with Crippen LogP contribution in [0.15, 0.2) is 35.3 Å². The maximum Gasteiger partial charge on any atom is 0.193 e. The van der Waals surface area contributed by atoms with Crippen molar-refractivity contribution in [1.29, 1.82) is 0 Å². The Balaban J connectivity index is 0.00000320. The lowest BCUT2D eigenvalue weighted by atomic mass is 10.1. The average Bonchev–Trinajstić information content (AvgIpc) is 3.21. The van der Waals surface area contributed by atoms with E-state index >= 15 is 0 Å². The zero-order valence-electron chi connectivity index (χ0n) is 18.8. The summed E-state index contributed by atoms with van der Waals surface area (Å²) in [5, 5.41) is 3.57. The molecule has 0 amide bonds. The fourth-order valence-corrected chi connectivity index (χ4v) is 4.14. The summed E-state index contributed by atoms with van der Waals surface area (Å²) in [4.78, 5) is 11.9. The number of likely N-dealkylation sites (N-methyl/N-ethyl adjacent to an activating group) is 1. The number of piperazine rings is 1. The van der Waals surface area contributed by atoms with Crippen LogP contribution in [0, 0.1) is 5.92 Å². The third-order valence-corrected chi connectivity index (χ3v) is 6.04. The average molecular weight is 530 g/mol. The monoisotopic (exact) mass is 529 g/mol. The number of nitrogens with zero attached hydrogens (tertiary/aromatic N) is 4. The lowest BCUT2D eigenvalue weighted by Gasteiger charge is -2.32. The number of aliphatic imine (C=N–C) groups is 1. The molecule has 0 aliphatic carbocycles. The van der Waals surface area contributed by atoms with Crippen LogP contribution in [0.3, 0.4) is 0 Å². The maximum absolute atomic E-state index is 5.95. The number of halogens is 1. The first-order valence-corrected chi connectivity index (χ1v) is 11.2. The van der Waals surface area contributed by atoms with E-state index in [9.17, 15) is 0 Å². The molecule has 2 fully saturated rings. The fraction of sp³-hybridized carbons (Fsp3) is 0.696. The van der Waals surface area contributed by atoms with Gasteiger partial charge in [0.2, 0.25) is 0 Å². The Morgan fingerprint density at radius 3 is 2.60 bits per heavy atom. The van der Waals surface area contributed by atoms with E-state index < -0.39 is 0 Å². The predicted octanol–water partition coefficient (Wildman–Crippen LogP) is 2.75. The second kappa shape index (κ2) is 14.2. The van der Waals surface area contributed by atoms with Gasteiger partial charge in [0.05, 0.1) is 13.2 Å². The van der Waals surface area contributed by atoms with Crippen molar-refractivity contribution in [3.63, 3.8) is 0 Å². The molecule has 1 atom stereocenters. The molecule has 1 aromatic carbocycles. The largest absolute Gasteiger partial charge is 0.376 e. The van der Waals surface area contributed by atoms with Crippen molar-refractivity contribution in [2.24, 2.45) is 10.9 Å². The molecular formula is C23H40IN5O. The standard InChI is InChI=1S/C23H39N5O.HI/c1-24-23(25-11-6-7-12-27-16-14-26(2)15-17-27)28-13-10-22(18-28)20-29-19-21-8-4-3-5-9-21;/h3-5,8-9,22H,6-7,10-20H2,1-2H3,(H,24,25);1H. The van der Waals surface area contributed by atoms with Gasteiger partial charge in [-0.25, -0.2) is 0 Å². The van der Waals surface area contributed by atoms with E-state index in [1.54, 1.807) is 0 Å². The van der Waals surface area contributed by atoms with Crippen LogP contribution in [-0.2, 0) is 11.3 Å². The topological polar surface area (TPSA) is 43.3 Å². The minimum atomic E-state index is 0. The molecule has 170 valence electrons. The highest BCUT2D eigenvalue weighted by Crippen LogP contribution is 2.17. The lowest BCUT2D eigenvalue weighted by Crippen LogP contribution is -2.44. The molecule has 1 N–H and O–H groups in total. The van der Waals surface area contributed by atoms with Gasteiger partial charge in [-0.15, -0.1) is 24.0 Å². The predicted molar refractivity (Wildman–Crippen MR) is 136 cm³/mol. The Hall–Kier alpha value is -0.900. The third kappa shape index (κ3) is 8.69. The van der Waals surface area contributed by atoms with Crippen molar-refractivity contribution in [3.05, 3.63) is 35.9 Å². The molecule has 0 bridgehead atoms. The second-order valence-corrected chi connectivity index (χ2v) is 8.43. The normalized spacial score (nSPS) is 20.9. The van der Waals surface area contributed by atoms with Gasteiger partial charge in [-0.2, -0.15) is 0 Å². The van der Waals surface area contributed by atoms with Gasteiger partial charge in [-0.1, -0.05) is 30.3 Å². The van der Waals surface area contributed by atoms with E-state index in [-0.39, 0.29) is 24.0 Å². The lowest BCUT2D eigenvalue weighted by molar-refractivity contribution is 0.0907. The molecule has 30 heavy (non-hydrogen) atoms. The van der Waals surface area contributed by atoms with Crippen molar-refractivity contribution in [1.82, 2.24) is 20.0 Å². The molecule has 7 heteroatoms. The van der Waals surface area contributed by atoms with Crippen LogP contribution in [0.1, 0.15) is 24.8 Å². The number of nitrogens with one attached hydrogen (secondary N) is 1. The number of hydrogen-bond acceptors (Lipinski definition) is 4. The summed E-state index contributed by atoms with van der Waals surface area (Å²) in [5.74, 6) is 1.64. The third-order valence-electron chi connectivity index (χ3n) is 6.04. The van der Waals surface area contributed by atoms with Gasteiger partial charge in [0.25, 0.3) is 0 Å². The zero-order valence-corrected chi connectivity index (χ0v) is 21.1. The van der Waals surface area contributed by atoms with Gasteiger partial charge in [-0.05, 0) is 38.4 Å². The van der Waals surface area contributed by atoms with Gasteiger partial charge >= 0.3 is 0 Å². The number of rotatable bonds is 9. The van der Waals surface area contributed by atoms with Gasteiger partial charge in [-0.3, -0.25) is 4.99 Å². The summed E-state index contributed by atoms with van der Waals surface area (Å²) in [7, 11) is 4.11. The Morgan fingerprint density at radius 1 is 1.10 bits per heavy atom. The van der Waals surface area contributed by atoms with Gasteiger partial charge < -0.3 is 24.8 Å². The van der Waals surface area contributed by atoms with Crippen molar-refractivity contribution in [2.45, 2.75) is 25.9 Å². The maximum atomic E-state index is 5.95. The quantitative estimate of drug-likeness (QED) is 0.231. The van der Waals surface area contributed by atoms with Crippen LogP contribution in [0.4, 0.5) is 0 Å². The molecule has 2 aliphatic heterocycles. The molecule has 1 aromatic rings. The summed E-state index contributed by atoms with van der Waals surface area (Å²) in [6.07, 6.45) is 3.63. The first-order chi connectivity index (χ1) is 14.2. The Labute approximate surface area is 200 Å². The molecule has 0 radical (unpaired) electrons. The second-order valence-electron chi connectivity index (χ2n) is 8.43. The van der Waals surface area contributed by atoms with E-state index in [0.29, 0.717) is 12.5 Å². The van der Waals surface area contributed by atoms with E-state index in [1.807, 2.05) is 13.1 Å². The van der Waals surface area contributed by atoms with Crippen molar-refractivity contribution < 1.29 is 4.74 Å². The van der Waals surface area contributed by atoms with E-state index in [0.717, 1.165) is 32.2 Å². The van der Waals surface area contributed by atoms with Crippen LogP contribution in [0.2, 0.25) is 0 Å². The van der Waals surface area contributed by atoms with Crippen LogP contribution in [0.25, 0.3) is 0 Å². The number of likely N-dealkylation sites (tertiary alicyclic amines) is 1. The summed E-state index contributed by atoms with van der Waals surface area (Å²) >= 11 is 0. The van der Waals surface area contributed by atoms with Gasteiger partial charge in [0.15, 0.2) is 5.96 Å². The molecule has 0 saturated carbocycles. The molecule has 2 aliphatic rings. The molecule has 1 unspecified atom stereocenters. The minimum Gasteiger partial charge on any atom is -0.376 e. The SMILES string of the molecule is CN=C(NCCCCN1CCN(C)CC1)N1CCC(COCc2ccccc2)C1.I. The summed E-state index contributed by atoms with van der Waals surface area (Å²) in [6.45, 7) is 10.7. The first kappa shape index (κ1) is 25.4. The van der Waals surface area contributed by atoms with Crippen LogP contribution < -0.4 is 5.32 Å². The molecule has 6 nitrogen and oxygen atoms in total. The van der Waals surface area contributed by atoms with Crippen molar-refractivity contribution >= 4 is 29.9 Å². The first-order valence-electron chi connectivity index (χ1n) is 11.2. The highest BCUT2D eigenvalue weighted by molar-refractivity contribution is 14.0. The molecule has 0 spiro atoms. The van der Waals surface area contributed by atoms with Crippen molar-refractivity contribution in [2.75, 3.05) is 73.1 Å². The van der Waals surface area contributed by atoms with E-state index in [1.165, 1.54) is 57.5 Å². The number of hydrogen-bond donors (Lipinski definition) is 1.